The van der Waals surface area contributed by atoms with Gasteiger partial charge in [0.15, 0.2) is 0 Å². The predicted molar refractivity (Wildman–Crippen MR) is 71.5 cm³/mol. The second-order valence-corrected chi connectivity index (χ2v) is 5.24. The SMILES string of the molecule is CC(C)OC(=O)[C@@H]1CCN[C@H]1c1ccccc1Cl. The van der Waals surface area contributed by atoms with Crippen molar-refractivity contribution in [2.75, 3.05) is 6.54 Å². The Morgan fingerprint density at radius 3 is 2.83 bits per heavy atom. The molecular weight excluding hydrogens is 250 g/mol. The van der Waals surface area contributed by atoms with Crippen LogP contribution in [0.5, 0.6) is 0 Å². The Morgan fingerprint density at radius 2 is 2.17 bits per heavy atom. The molecule has 1 heterocycles. The molecule has 2 rings (SSSR count). The first-order valence-electron chi connectivity index (χ1n) is 6.28. The van der Waals surface area contributed by atoms with Gasteiger partial charge in [-0.15, -0.1) is 0 Å². The molecular formula is C14H18ClNO2. The lowest BCUT2D eigenvalue weighted by atomic mass is 9.94. The molecule has 0 saturated carbocycles. The Hall–Kier alpha value is -1.06. The lowest BCUT2D eigenvalue weighted by Gasteiger charge is -2.21. The van der Waals surface area contributed by atoms with E-state index in [9.17, 15) is 4.79 Å². The first-order valence-corrected chi connectivity index (χ1v) is 6.65. The van der Waals surface area contributed by atoms with Gasteiger partial charge in [-0.05, 0) is 38.4 Å². The molecule has 4 heteroatoms. The highest BCUT2D eigenvalue weighted by Gasteiger charge is 2.36. The molecule has 98 valence electrons. The number of ether oxygens (including phenoxy) is 1. The largest absolute Gasteiger partial charge is 0.463 e. The minimum absolute atomic E-state index is 0.0371. The molecule has 1 saturated heterocycles. The first-order chi connectivity index (χ1) is 8.59. The zero-order valence-electron chi connectivity index (χ0n) is 10.7. The van der Waals surface area contributed by atoms with Gasteiger partial charge in [0, 0.05) is 11.1 Å². The van der Waals surface area contributed by atoms with E-state index in [0.29, 0.717) is 5.02 Å². The van der Waals surface area contributed by atoms with Crippen molar-refractivity contribution < 1.29 is 9.53 Å². The number of halogens is 1. The smallest absolute Gasteiger partial charge is 0.311 e. The van der Waals surface area contributed by atoms with Crippen molar-refractivity contribution in [2.24, 2.45) is 5.92 Å². The van der Waals surface area contributed by atoms with Crippen molar-refractivity contribution in [2.45, 2.75) is 32.4 Å². The van der Waals surface area contributed by atoms with E-state index in [4.69, 9.17) is 16.3 Å². The van der Waals surface area contributed by atoms with Gasteiger partial charge in [0.25, 0.3) is 0 Å². The van der Waals surface area contributed by atoms with Crippen LogP contribution in [0.2, 0.25) is 5.02 Å². The average molecular weight is 268 g/mol. The molecule has 0 aromatic heterocycles. The Balaban J connectivity index is 2.18. The summed E-state index contributed by atoms with van der Waals surface area (Å²) in [5, 5.41) is 4.03. The van der Waals surface area contributed by atoms with Crippen LogP contribution in [0.3, 0.4) is 0 Å². The highest BCUT2D eigenvalue weighted by Crippen LogP contribution is 2.34. The van der Waals surface area contributed by atoms with E-state index in [-0.39, 0.29) is 24.0 Å². The molecule has 0 aliphatic carbocycles. The molecule has 1 aliphatic heterocycles. The van der Waals surface area contributed by atoms with E-state index < -0.39 is 0 Å². The van der Waals surface area contributed by atoms with Crippen LogP contribution in [0.1, 0.15) is 31.9 Å². The summed E-state index contributed by atoms with van der Waals surface area (Å²) in [5.41, 5.74) is 0.974. The zero-order chi connectivity index (χ0) is 13.1. The molecule has 1 N–H and O–H groups in total. The van der Waals surface area contributed by atoms with E-state index >= 15 is 0 Å². The summed E-state index contributed by atoms with van der Waals surface area (Å²) in [6.45, 7) is 4.54. The maximum atomic E-state index is 12.0. The van der Waals surface area contributed by atoms with E-state index in [0.717, 1.165) is 18.5 Å². The fourth-order valence-electron chi connectivity index (χ4n) is 2.33. The van der Waals surface area contributed by atoms with Gasteiger partial charge in [0.1, 0.15) is 0 Å². The number of nitrogens with one attached hydrogen (secondary N) is 1. The molecule has 1 aromatic carbocycles. The number of rotatable bonds is 3. The van der Waals surface area contributed by atoms with Gasteiger partial charge in [-0.2, -0.15) is 0 Å². The Morgan fingerprint density at radius 1 is 1.44 bits per heavy atom. The number of hydrogen-bond acceptors (Lipinski definition) is 3. The minimum Gasteiger partial charge on any atom is -0.463 e. The van der Waals surface area contributed by atoms with Crippen molar-refractivity contribution in [3.8, 4) is 0 Å². The van der Waals surface area contributed by atoms with Gasteiger partial charge >= 0.3 is 5.97 Å². The van der Waals surface area contributed by atoms with Gasteiger partial charge in [-0.3, -0.25) is 4.79 Å². The lowest BCUT2D eigenvalue weighted by molar-refractivity contribution is -0.152. The summed E-state index contributed by atoms with van der Waals surface area (Å²) < 4.78 is 5.30. The summed E-state index contributed by atoms with van der Waals surface area (Å²) >= 11 is 6.19. The molecule has 1 aromatic rings. The molecule has 18 heavy (non-hydrogen) atoms. The standard InChI is InChI=1S/C14H18ClNO2/c1-9(2)18-14(17)11-7-8-16-13(11)10-5-3-4-6-12(10)15/h3-6,9,11,13,16H,7-8H2,1-2H3/t11-,13+/m1/s1. The normalized spacial score (nSPS) is 23.3. The van der Waals surface area contributed by atoms with Crippen molar-refractivity contribution in [1.82, 2.24) is 5.32 Å². The molecule has 1 aliphatic rings. The van der Waals surface area contributed by atoms with Crippen LogP contribution in [-0.2, 0) is 9.53 Å². The maximum absolute atomic E-state index is 12.0. The second-order valence-electron chi connectivity index (χ2n) is 4.83. The summed E-state index contributed by atoms with van der Waals surface area (Å²) in [5.74, 6) is -0.285. The van der Waals surface area contributed by atoms with Crippen LogP contribution in [-0.4, -0.2) is 18.6 Å². The first kappa shape index (κ1) is 13.4. The zero-order valence-corrected chi connectivity index (χ0v) is 11.4. The molecule has 1 fully saturated rings. The third kappa shape index (κ3) is 2.85. The van der Waals surface area contributed by atoms with E-state index in [1.807, 2.05) is 38.1 Å². The van der Waals surface area contributed by atoms with E-state index in [1.54, 1.807) is 0 Å². The predicted octanol–water partition coefficient (Wildman–Crippen LogP) is 2.94. The van der Waals surface area contributed by atoms with Crippen LogP contribution < -0.4 is 5.32 Å². The fraction of sp³-hybridized carbons (Fsp3) is 0.500. The molecule has 2 atom stereocenters. The molecule has 0 unspecified atom stereocenters. The van der Waals surface area contributed by atoms with Gasteiger partial charge in [-0.25, -0.2) is 0 Å². The highest BCUT2D eigenvalue weighted by atomic mass is 35.5. The van der Waals surface area contributed by atoms with E-state index in [2.05, 4.69) is 5.32 Å². The number of hydrogen-bond donors (Lipinski definition) is 1. The number of benzene rings is 1. The topological polar surface area (TPSA) is 38.3 Å². The van der Waals surface area contributed by atoms with Crippen LogP contribution in [0, 0.1) is 5.92 Å². The quantitative estimate of drug-likeness (QED) is 0.856. The Kier molecular flexibility index (Phi) is 4.25. The third-order valence-corrected chi connectivity index (χ3v) is 3.46. The summed E-state index contributed by atoms with van der Waals surface area (Å²) in [7, 11) is 0. The monoisotopic (exact) mass is 267 g/mol. The van der Waals surface area contributed by atoms with Crippen molar-refractivity contribution in [1.29, 1.82) is 0 Å². The second kappa shape index (κ2) is 5.72. The lowest BCUT2D eigenvalue weighted by Crippen LogP contribution is -2.27. The summed E-state index contributed by atoms with van der Waals surface area (Å²) in [4.78, 5) is 12.0. The van der Waals surface area contributed by atoms with Gasteiger partial charge < -0.3 is 10.1 Å². The number of esters is 1. The van der Waals surface area contributed by atoms with Crippen LogP contribution in [0.25, 0.3) is 0 Å². The number of carbonyl (C=O) groups is 1. The Labute approximate surface area is 112 Å². The summed E-state index contributed by atoms with van der Waals surface area (Å²) in [6, 6.07) is 7.60. The molecule has 0 amide bonds. The van der Waals surface area contributed by atoms with Crippen molar-refractivity contribution in [3.63, 3.8) is 0 Å². The third-order valence-electron chi connectivity index (χ3n) is 3.12. The number of carbonyl (C=O) groups excluding carboxylic acids is 1. The van der Waals surface area contributed by atoms with Crippen LogP contribution >= 0.6 is 11.6 Å². The summed E-state index contributed by atoms with van der Waals surface area (Å²) in [6.07, 6.45) is 0.714. The van der Waals surface area contributed by atoms with Crippen molar-refractivity contribution >= 4 is 17.6 Å². The van der Waals surface area contributed by atoms with Crippen LogP contribution in [0.4, 0.5) is 0 Å². The minimum atomic E-state index is -0.146. The molecule has 0 spiro atoms. The van der Waals surface area contributed by atoms with Gasteiger partial charge in [-0.1, -0.05) is 29.8 Å². The van der Waals surface area contributed by atoms with E-state index in [1.165, 1.54) is 0 Å². The average Bonchev–Trinajstić information content (AvgIpc) is 2.77. The molecule has 0 bridgehead atoms. The van der Waals surface area contributed by atoms with Gasteiger partial charge in [0.05, 0.1) is 12.0 Å². The van der Waals surface area contributed by atoms with Crippen LogP contribution in [0.15, 0.2) is 24.3 Å². The Bertz CT molecular complexity index is 434. The molecule has 0 radical (unpaired) electrons. The highest BCUT2D eigenvalue weighted by molar-refractivity contribution is 6.31. The van der Waals surface area contributed by atoms with Crippen molar-refractivity contribution in [3.05, 3.63) is 34.9 Å². The maximum Gasteiger partial charge on any atom is 0.311 e. The fourth-order valence-corrected chi connectivity index (χ4v) is 2.58. The molecule has 3 nitrogen and oxygen atoms in total. The van der Waals surface area contributed by atoms with Gasteiger partial charge in [0.2, 0.25) is 0 Å².